The van der Waals surface area contributed by atoms with Gasteiger partial charge in [-0.05, 0) is 24.6 Å². The lowest BCUT2D eigenvalue weighted by atomic mass is 10.2. The fraction of sp³-hybridized carbons (Fsp3) is 0.333. The monoisotopic (exact) mass is 200 g/mol. The van der Waals surface area contributed by atoms with Crippen LogP contribution in [0.5, 0.6) is 5.75 Å². The summed E-state index contributed by atoms with van der Waals surface area (Å²) < 4.78 is 5.43. The van der Waals surface area contributed by atoms with Gasteiger partial charge in [-0.3, -0.25) is 0 Å². The van der Waals surface area contributed by atoms with Crippen LogP contribution in [0.3, 0.4) is 0 Å². The van der Waals surface area contributed by atoms with E-state index in [-0.39, 0.29) is 12.4 Å². The predicted molar refractivity (Wildman–Crippen MR) is 55.5 cm³/mol. The molecule has 0 amide bonds. The first-order valence-corrected chi connectivity index (χ1v) is 4.03. The lowest BCUT2D eigenvalue weighted by molar-refractivity contribution is 0.308. The summed E-state index contributed by atoms with van der Waals surface area (Å²) in [6.45, 7) is 3.48. The molecule has 4 heteroatoms. The molecule has 0 spiro atoms. The quantitative estimate of drug-likeness (QED) is 0.645. The predicted octanol–water partition coefficient (Wildman–Crippen LogP) is 1.49. The molecule has 0 radical (unpaired) electrons. The Morgan fingerprint density at radius 1 is 1.46 bits per heavy atom. The first-order chi connectivity index (χ1) is 5.77. The van der Waals surface area contributed by atoms with Gasteiger partial charge in [0.2, 0.25) is 0 Å². The summed E-state index contributed by atoms with van der Waals surface area (Å²) in [6.07, 6.45) is 0. The molecule has 1 aliphatic rings. The van der Waals surface area contributed by atoms with Crippen molar-refractivity contribution < 1.29 is 4.74 Å². The molecule has 3 nitrogen and oxygen atoms in total. The van der Waals surface area contributed by atoms with Crippen LogP contribution in [0.15, 0.2) is 18.2 Å². The first-order valence-electron chi connectivity index (χ1n) is 4.03. The van der Waals surface area contributed by atoms with Crippen molar-refractivity contribution >= 4 is 18.1 Å². The Balaban J connectivity index is 0.000000845. The van der Waals surface area contributed by atoms with Crippen molar-refractivity contribution in [1.82, 2.24) is 0 Å². The van der Waals surface area contributed by atoms with Gasteiger partial charge in [0.05, 0.1) is 12.2 Å². The van der Waals surface area contributed by atoms with Gasteiger partial charge in [-0.25, -0.2) is 5.84 Å². The molecular weight excluding hydrogens is 188 g/mol. The van der Waals surface area contributed by atoms with Crippen molar-refractivity contribution in [2.24, 2.45) is 5.84 Å². The SMILES string of the molecule is Cc1ccc2c(c1)N(N)CCO2.Cl. The highest BCUT2D eigenvalue weighted by Crippen LogP contribution is 2.29. The number of anilines is 1. The van der Waals surface area contributed by atoms with E-state index in [0.29, 0.717) is 6.61 Å². The van der Waals surface area contributed by atoms with E-state index in [0.717, 1.165) is 18.0 Å². The molecular formula is C9H13ClN2O. The maximum Gasteiger partial charge on any atom is 0.144 e. The van der Waals surface area contributed by atoms with Crippen LogP contribution < -0.4 is 15.6 Å². The fourth-order valence-corrected chi connectivity index (χ4v) is 1.35. The average molecular weight is 201 g/mol. The second kappa shape index (κ2) is 3.85. The highest BCUT2D eigenvalue weighted by molar-refractivity contribution is 5.85. The van der Waals surface area contributed by atoms with Crippen LogP contribution >= 0.6 is 12.4 Å². The zero-order chi connectivity index (χ0) is 8.55. The van der Waals surface area contributed by atoms with Crippen LogP contribution in [0.2, 0.25) is 0 Å². The normalized spacial score (nSPS) is 14.2. The molecule has 0 fully saturated rings. The van der Waals surface area contributed by atoms with Crippen molar-refractivity contribution in [3.05, 3.63) is 23.8 Å². The number of benzene rings is 1. The number of fused-ring (bicyclic) bond motifs is 1. The number of nitrogens with two attached hydrogens (primary N) is 1. The van der Waals surface area contributed by atoms with Gasteiger partial charge < -0.3 is 9.75 Å². The van der Waals surface area contributed by atoms with E-state index in [4.69, 9.17) is 10.6 Å². The number of hydrogen-bond acceptors (Lipinski definition) is 3. The minimum atomic E-state index is 0. The topological polar surface area (TPSA) is 38.5 Å². The molecule has 1 aromatic rings. The van der Waals surface area contributed by atoms with Crippen LogP contribution in [0.25, 0.3) is 0 Å². The Labute approximate surface area is 83.9 Å². The summed E-state index contributed by atoms with van der Waals surface area (Å²) in [4.78, 5) is 0. The van der Waals surface area contributed by atoms with Gasteiger partial charge in [-0.1, -0.05) is 6.07 Å². The third-order valence-electron chi connectivity index (χ3n) is 2.01. The Kier molecular flexibility index (Phi) is 3.01. The molecule has 0 atom stereocenters. The van der Waals surface area contributed by atoms with Gasteiger partial charge in [0, 0.05) is 0 Å². The smallest absolute Gasteiger partial charge is 0.144 e. The van der Waals surface area contributed by atoms with Gasteiger partial charge in [-0.2, -0.15) is 0 Å². The van der Waals surface area contributed by atoms with E-state index in [2.05, 4.69) is 0 Å². The summed E-state index contributed by atoms with van der Waals surface area (Å²) in [7, 11) is 0. The van der Waals surface area contributed by atoms with Crippen LogP contribution in [0, 0.1) is 6.92 Å². The van der Waals surface area contributed by atoms with Gasteiger partial charge in [-0.15, -0.1) is 12.4 Å². The van der Waals surface area contributed by atoms with E-state index in [1.165, 1.54) is 5.56 Å². The maximum atomic E-state index is 5.77. The third-order valence-corrected chi connectivity index (χ3v) is 2.01. The standard InChI is InChI=1S/C9H12N2O.ClH/c1-7-2-3-9-8(6-7)11(10)4-5-12-9;/h2-3,6H,4-5,10H2,1H3;1H. The molecule has 0 aliphatic carbocycles. The van der Waals surface area contributed by atoms with Crippen LogP contribution in [-0.2, 0) is 0 Å². The second-order valence-corrected chi connectivity index (χ2v) is 3.01. The maximum absolute atomic E-state index is 5.77. The van der Waals surface area contributed by atoms with Crippen molar-refractivity contribution in [3.63, 3.8) is 0 Å². The Hall–Kier alpha value is -0.930. The molecule has 13 heavy (non-hydrogen) atoms. The summed E-state index contributed by atoms with van der Waals surface area (Å²) in [6, 6.07) is 6.02. The summed E-state index contributed by atoms with van der Waals surface area (Å²) in [5, 5.41) is 1.73. The summed E-state index contributed by atoms with van der Waals surface area (Å²) in [5.74, 6) is 6.65. The number of halogens is 1. The molecule has 1 aliphatic heterocycles. The van der Waals surface area contributed by atoms with E-state index in [1.807, 2.05) is 25.1 Å². The molecule has 1 aromatic carbocycles. The van der Waals surface area contributed by atoms with Crippen molar-refractivity contribution in [2.45, 2.75) is 6.92 Å². The largest absolute Gasteiger partial charge is 0.489 e. The molecule has 72 valence electrons. The van der Waals surface area contributed by atoms with Crippen molar-refractivity contribution in [2.75, 3.05) is 18.2 Å². The molecule has 0 unspecified atom stereocenters. The minimum absolute atomic E-state index is 0. The number of nitrogens with zero attached hydrogens (tertiary/aromatic N) is 1. The van der Waals surface area contributed by atoms with Gasteiger partial charge in [0.1, 0.15) is 12.4 Å². The molecule has 0 saturated heterocycles. The number of hydrogen-bond donors (Lipinski definition) is 1. The molecule has 1 heterocycles. The average Bonchev–Trinajstić information content (AvgIpc) is 2.07. The Morgan fingerprint density at radius 3 is 3.00 bits per heavy atom. The van der Waals surface area contributed by atoms with E-state index in [1.54, 1.807) is 5.01 Å². The molecule has 2 rings (SSSR count). The molecule has 2 N–H and O–H groups in total. The molecule has 0 bridgehead atoms. The highest BCUT2D eigenvalue weighted by atomic mass is 35.5. The van der Waals surface area contributed by atoms with Gasteiger partial charge >= 0.3 is 0 Å². The first kappa shape index (κ1) is 10.2. The fourth-order valence-electron chi connectivity index (χ4n) is 1.35. The molecule has 0 saturated carbocycles. The van der Waals surface area contributed by atoms with E-state index < -0.39 is 0 Å². The number of ether oxygens (including phenoxy) is 1. The summed E-state index contributed by atoms with van der Waals surface area (Å²) >= 11 is 0. The minimum Gasteiger partial charge on any atom is -0.489 e. The zero-order valence-corrected chi connectivity index (χ0v) is 8.30. The van der Waals surface area contributed by atoms with E-state index >= 15 is 0 Å². The lowest BCUT2D eigenvalue weighted by Crippen LogP contribution is -2.38. The lowest BCUT2D eigenvalue weighted by Gasteiger charge is -2.27. The Morgan fingerprint density at radius 2 is 2.23 bits per heavy atom. The van der Waals surface area contributed by atoms with Crippen molar-refractivity contribution in [3.8, 4) is 5.75 Å². The van der Waals surface area contributed by atoms with Gasteiger partial charge in [0.25, 0.3) is 0 Å². The van der Waals surface area contributed by atoms with Crippen LogP contribution in [0.1, 0.15) is 5.56 Å². The number of rotatable bonds is 0. The van der Waals surface area contributed by atoms with E-state index in [9.17, 15) is 0 Å². The zero-order valence-electron chi connectivity index (χ0n) is 7.49. The molecule has 0 aromatic heterocycles. The summed E-state index contributed by atoms with van der Waals surface area (Å²) in [5.41, 5.74) is 2.19. The van der Waals surface area contributed by atoms with Crippen LogP contribution in [0.4, 0.5) is 5.69 Å². The Bertz CT molecular complexity index is 304. The van der Waals surface area contributed by atoms with Crippen LogP contribution in [-0.4, -0.2) is 13.2 Å². The van der Waals surface area contributed by atoms with Crippen molar-refractivity contribution in [1.29, 1.82) is 0 Å². The number of hydrazine groups is 1. The third kappa shape index (κ3) is 1.87. The highest BCUT2D eigenvalue weighted by Gasteiger charge is 2.14. The second-order valence-electron chi connectivity index (χ2n) is 3.01. The van der Waals surface area contributed by atoms with Gasteiger partial charge in [0.15, 0.2) is 0 Å². The number of aryl methyl sites for hydroxylation is 1.